The van der Waals surface area contributed by atoms with Crippen molar-refractivity contribution >= 4 is 50.6 Å². The molecule has 0 atom stereocenters. The predicted octanol–water partition coefficient (Wildman–Crippen LogP) is 2.83. The number of hydrogen-bond donors (Lipinski definition) is 0. The lowest BCUT2D eigenvalue weighted by Gasteiger charge is -2.33. The minimum absolute atomic E-state index is 0.00883. The number of thiophene rings is 1. The summed E-state index contributed by atoms with van der Waals surface area (Å²) in [6.07, 6.45) is 4.68. The second kappa shape index (κ2) is 8.09. The number of amides is 1. The SMILES string of the molecule is O=C(CSc1nnc(C2CC2)n1C1CC1)N1CCN(S(=O)(=O)c2ccc(Cl)s2)CC1. The molecule has 3 fully saturated rings. The van der Waals surface area contributed by atoms with Crippen LogP contribution in [-0.4, -0.2) is 70.2 Å². The van der Waals surface area contributed by atoms with Gasteiger partial charge in [0.2, 0.25) is 5.91 Å². The maximum absolute atomic E-state index is 12.7. The van der Waals surface area contributed by atoms with E-state index in [1.54, 1.807) is 11.0 Å². The minimum atomic E-state index is -3.55. The number of nitrogens with zero attached hydrogens (tertiary/aromatic N) is 5. The third-order valence-electron chi connectivity index (χ3n) is 5.60. The van der Waals surface area contributed by atoms with E-state index in [4.69, 9.17) is 11.6 Å². The van der Waals surface area contributed by atoms with E-state index >= 15 is 0 Å². The van der Waals surface area contributed by atoms with E-state index in [0.717, 1.165) is 35.2 Å². The Kier molecular flexibility index (Phi) is 5.59. The lowest BCUT2D eigenvalue weighted by Crippen LogP contribution is -2.50. The summed E-state index contributed by atoms with van der Waals surface area (Å²) in [4.78, 5) is 14.5. The molecule has 0 spiro atoms. The van der Waals surface area contributed by atoms with Crippen molar-refractivity contribution in [3.63, 3.8) is 0 Å². The van der Waals surface area contributed by atoms with Crippen molar-refractivity contribution in [2.45, 2.75) is 47.0 Å². The molecule has 1 saturated heterocycles. The number of carbonyl (C=O) groups is 1. The Balaban J connectivity index is 1.17. The number of carbonyl (C=O) groups excluding carboxylic acids is 1. The monoisotopic (exact) mass is 487 g/mol. The van der Waals surface area contributed by atoms with Crippen LogP contribution in [0.1, 0.15) is 43.5 Å². The van der Waals surface area contributed by atoms with Gasteiger partial charge in [0.05, 0.1) is 10.1 Å². The van der Waals surface area contributed by atoms with Crippen molar-refractivity contribution in [3.8, 4) is 0 Å². The normalized spacial score (nSPS) is 20.6. The lowest BCUT2D eigenvalue weighted by atomic mass is 10.3. The van der Waals surface area contributed by atoms with Crippen LogP contribution < -0.4 is 0 Å². The largest absolute Gasteiger partial charge is 0.339 e. The Morgan fingerprint density at radius 3 is 2.47 bits per heavy atom. The summed E-state index contributed by atoms with van der Waals surface area (Å²) in [5.41, 5.74) is 0. The molecule has 30 heavy (non-hydrogen) atoms. The predicted molar refractivity (Wildman–Crippen MR) is 116 cm³/mol. The van der Waals surface area contributed by atoms with Gasteiger partial charge in [-0.25, -0.2) is 8.42 Å². The first kappa shape index (κ1) is 20.7. The zero-order valence-corrected chi connectivity index (χ0v) is 19.4. The Hall–Kier alpha value is -1.14. The van der Waals surface area contributed by atoms with Gasteiger partial charge in [0.25, 0.3) is 10.0 Å². The van der Waals surface area contributed by atoms with Crippen LogP contribution in [0.5, 0.6) is 0 Å². The van der Waals surface area contributed by atoms with Gasteiger partial charge in [0, 0.05) is 38.1 Å². The molecule has 0 aromatic carbocycles. The fraction of sp³-hybridized carbons (Fsp3) is 0.611. The van der Waals surface area contributed by atoms with Crippen molar-refractivity contribution < 1.29 is 13.2 Å². The van der Waals surface area contributed by atoms with Gasteiger partial charge in [-0.05, 0) is 37.8 Å². The zero-order chi connectivity index (χ0) is 20.9. The molecule has 8 nitrogen and oxygen atoms in total. The standard InChI is InChI=1S/C18H22ClN5O3S3/c19-14-5-6-16(29-14)30(26,27)23-9-7-22(8-10-23)15(25)11-28-18-21-20-17(12-1-2-12)24(18)13-3-4-13/h5-6,12-13H,1-4,7-11H2. The molecule has 1 amide bonds. The highest BCUT2D eigenvalue weighted by Crippen LogP contribution is 2.46. The smallest absolute Gasteiger partial charge is 0.252 e. The Morgan fingerprint density at radius 2 is 1.87 bits per heavy atom. The number of sulfonamides is 1. The molecule has 1 aliphatic heterocycles. The van der Waals surface area contributed by atoms with Crippen LogP contribution in [0.3, 0.4) is 0 Å². The molecule has 2 aromatic heterocycles. The van der Waals surface area contributed by atoms with Crippen LogP contribution in [0.2, 0.25) is 4.34 Å². The first-order chi connectivity index (χ1) is 14.4. The summed E-state index contributed by atoms with van der Waals surface area (Å²) in [6.45, 7) is 1.36. The summed E-state index contributed by atoms with van der Waals surface area (Å²) in [5, 5.41) is 9.56. The van der Waals surface area contributed by atoms with E-state index in [2.05, 4.69) is 14.8 Å². The number of piperazine rings is 1. The number of rotatable bonds is 7. The Morgan fingerprint density at radius 1 is 1.13 bits per heavy atom. The van der Waals surface area contributed by atoms with Crippen LogP contribution in [-0.2, 0) is 14.8 Å². The molecule has 0 bridgehead atoms. The molecule has 3 aliphatic rings. The van der Waals surface area contributed by atoms with Gasteiger partial charge in [-0.3, -0.25) is 4.79 Å². The molecule has 0 unspecified atom stereocenters. The van der Waals surface area contributed by atoms with Gasteiger partial charge in [0.15, 0.2) is 5.16 Å². The highest BCUT2D eigenvalue weighted by atomic mass is 35.5. The second-order valence-corrected chi connectivity index (χ2v) is 12.7. The van der Waals surface area contributed by atoms with E-state index in [0.29, 0.717) is 48.2 Å². The van der Waals surface area contributed by atoms with Crippen LogP contribution in [0.4, 0.5) is 0 Å². The highest BCUT2D eigenvalue weighted by Gasteiger charge is 2.37. The maximum Gasteiger partial charge on any atom is 0.252 e. The fourth-order valence-electron chi connectivity index (χ4n) is 3.64. The fourth-order valence-corrected chi connectivity index (χ4v) is 7.62. The Labute approximate surface area is 188 Å². The van der Waals surface area contributed by atoms with Gasteiger partial charge in [-0.15, -0.1) is 21.5 Å². The van der Waals surface area contributed by atoms with E-state index in [9.17, 15) is 13.2 Å². The zero-order valence-electron chi connectivity index (χ0n) is 16.2. The first-order valence-corrected chi connectivity index (χ1v) is 13.7. The molecule has 12 heteroatoms. The quantitative estimate of drug-likeness (QED) is 0.558. The third kappa shape index (κ3) is 4.14. The molecule has 5 rings (SSSR count). The van der Waals surface area contributed by atoms with Crippen LogP contribution in [0.15, 0.2) is 21.5 Å². The van der Waals surface area contributed by atoms with E-state index in [1.165, 1.54) is 35.0 Å². The molecule has 0 N–H and O–H groups in total. The molecular weight excluding hydrogens is 466 g/mol. The number of hydrogen-bond acceptors (Lipinski definition) is 7. The van der Waals surface area contributed by atoms with Gasteiger partial charge < -0.3 is 9.47 Å². The van der Waals surface area contributed by atoms with E-state index in [1.807, 2.05) is 0 Å². The van der Waals surface area contributed by atoms with E-state index in [-0.39, 0.29) is 10.1 Å². The number of halogens is 1. The van der Waals surface area contributed by atoms with Gasteiger partial charge >= 0.3 is 0 Å². The molecule has 2 aromatic rings. The van der Waals surface area contributed by atoms with Gasteiger partial charge in [-0.2, -0.15) is 4.31 Å². The summed E-state index contributed by atoms with van der Waals surface area (Å²) in [6, 6.07) is 3.61. The summed E-state index contributed by atoms with van der Waals surface area (Å²) < 4.78 is 29.8. The average Bonchev–Trinajstić information content (AvgIpc) is 3.68. The van der Waals surface area contributed by atoms with Crippen molar-refractivity contribution in [1.29, 1.82) is 0 Å². The summed E-state index contributed by atoms with van der Waals surface area (Å²) in [7, 11) is -3.55. The number of aromatic nitrogens is 3. The maximum atomic E-state index is 12.7. The summed E-state index contributed by atoms with van der Waals surface area (Å²) in [5.74, 6) is 1.92. The topological polar surface area (TPSA) is 88.4 Å². The second-order valence-electron chi connectivity index (χ2n) is 7.85. The molecule has 3 heterocycles. The highest BCUT2D eigenvalue weighted by molar-refractivity contribution is 7.99. The van der Waals surface area contributed by atoms with Crippen LogP contribution >= 0.6 is 34.7 Å². The third-order valence-corrected chi connectivity index (χ3v) is 10.1. The minimum Gasteiger partial charge on any atom is -0.339 e. The number of thioether (sulfide) groups is 1. The van der Waals surface area contributed by atoms with Gasteiger partial charge in [-0.1, -0.05) is 23.4 Å². The van der Waals surface area contributed by atoms with Crippen molar-refractivity contribution in [1.82, 2.24) is 24.0 Å². The molecular formula is C18H22ClN5O3S3. The molecule has 2 aliphatic carbocycles. The first-order valence-electron chi connectivity index (χ1n) is 10.0. The van der Waals surface area contributed by atoms with E-state index < -0.39 is 10.0 Å². The molecule has 0 radical (unpaired) electrons. The summed E-state index contributed by atoms with van der Waals surface area (Å²) >= 11 is 8.38. The van der Waals surface area contributed by atoms with Crippen LogP contribution in [0.25, 0.3) is 0 Å². The van der Waals surface area contributed by atoms with Crippen molar-refractivity contribution in [2.75, 3.05) is 31.9 Å². The van der Waals surface area contributed by atoms with Crippen LogP contribution in [0, 0.1) is 0 Å². The van der Waals surface area contributed by atoms with Gasteiger partial charge in [0.1, 0.15) is 10.0 Å². The average molecular weight is 488 g/mol. The lowest BCUT2D eigenvalue weighted by molar-refractivity contribution is -0.129. The molecule has 162 valence electrons. The van der Waals surface area contributed by atoms with Crippen molar-refractivity contribution in [3.05, 3.63) is 22.3 Å². The Bertz CT molecular complexity index is 1050. The van der Waals surface area contributed by atoms with Crippen molar-refractivity contribution in [2.24, 2.45) is 0 Å². The molecule has 2 saturated carbocycles.